The number of aryl methyl sites for hydroxylation is 1. The van der Waals surface area contributed by atoms with E-state index in [1.54, 1.807) is 30.9 Å². The average Bonchev–Trinajstić information content (AvgIpc) is 3.25. The largest absolute Gasteiger partial charge is 0.437 e. The van der Waals surface area contributed by atoms with E-state index in [1.807, 2.05) is 37.3 Å². The van der Waals surface area contributed by atoms with E-state index in [9.17, 15) is 13.2 Å². The van der Waals surface area contributed by atoms with Crippen molar-refractivity contribution in [3.8, 4) is 0 Å². The lowest BCUT2D eigenvalue weighted by molar-refractivity contribution is 0.0921. The van der Waals surface area contributed by atoms with E-state index in [2.05, 4.69) is 72.8 Å². The van der Waals surface area contributed by atoms with Crippen LogP contribution in [0.2, 0.25) is 6.04 Å². The van der Waals surface area contributed by atoms with Crippen LogP contribution in [0.25, 0.3) is 0 Å². The van der Waals surface area contributed by atoms with Gasteiger partial charge in [-0.25, -0.2) is 13.2 Å². The maximum absolute atomic E-state index is 14.0. The fraction of sp³-hybridized carbons (Fsp3) is 0.229. The minimum Gasteiger partial charge on any atom is -0.437 e. The van der Waals surface area contributed by atoms with Crippen LogP contribution in [0.4, 0.5) is 4.79 Å². The molecule has 1 fully saturated rings. The monoisotopic (exact) mass is 593 g/mol. The Morgan fingerprint density at radius 1 is 0.786 bits per heavy atom. The van der Waals surface area contributed by atoms with Crippen molar-refractivity contribution in [1.29, 1.82) is 0 Å². The summed E-state index contributed by atoms with van der Waals surface area (Å²) in [4.78, 5) is 15.9. The third kappa shape index (κ3) is 4.70. The summed E-state index contributed by atoms with van der Waals surface area (Å²) in [6, 6.07) is 39.1. The van der Waals surface area contributed by atoms with Crippen LogP contribution in [0.15, 0.2) is 131 Å². The van der Waals surface area contributed by atoms with E-state index in [-0.39, 0.29) is 15.8 Å². The first-order chi connectivity index (χ1) is 20.1. The number of benzene rings is 4. The Morgan fingerprint density at radius 3 is 1.74 bits per heavy atom. The number of amides is 1. The third-order valence-electron chi connectivity index (χ3n) is 8.68. The van der Waals surface area contributed by atoms with Crippen LogP contribution in [-0.4, -0.2) is 39.1 Å². The van der Waals surface area contributed by atoms with Gasteiger partial charge < -0.3 is 4.74 Å². The summed E-state index contributed by atoms with van der Waals surface area (Å²) >= 11 is 0. The van der Waals surface area contributed by atoms with Gasteiger partial charge in [0.15, 0.2) is 0 Å². The summed E-state index contributed by atoms with van der Waals surface area (Å²) in [5.41, 5.74) is 0.390. The SMILES string of the molecule is Cc1ccc(S(=O)(=O)C2=C3N(C(=O)OC3(C)C)C(C[Si](c3ccccc3)(c3ccccc3)c3ccccc3)CC2)cc1. The maximum atomic E-state index is 14.0. The van der Waals surface area contributed by atoms with Gasteiger partial charge in [-0.1, -0.05) is 109 Å². The van der Waals surface area contributed by atoms with Crippen LogP contribution >= 0.6 is 0 Å². The molecule has 0 N–H and O–H groups in total. The predicted molar refractivity (Wildman–Crippen MR) is 170 cm³/mol. The lowest BCUT2D eigenvalue weighted by atomic mass is 9.96. The van der Waals surface area contributed by atoms with Crippen LogP contribution < -0.4 is 15.6 Å². The van der Waals surface area contributed by atoms with E-state index < -0.39 is 29.6 Å². The number of sulfone groups is 1. The normalized spacial score (nSPS) is 18.5. The highest BCUT2D eigenvalue weighted by Gasteiger charge is 2.54. The molecule has 6 rings (SSSR count). The van der Waals surface area contributed by atoms with Crippen molar-refractivity contribution < 1.29 is 17.9 Å². The van der Waals surface area contributed by atoms with Crippen LogP contribution in [0.1, 0.15) is 32.3 Å². The third-order valence-corrected chi connectivity index (χ3v) is 15.7. The number of ether oxygens (including phenoxy) is 1. The number of carbonyl (C=O) groups excluding carboxylic acids is 1. The van der Waals surface area contributed by atoms with Crippen molar-refractivity contribution in [2.24, 2.45) is 0 Å². The number of fused-ring (bicyclic) bond motifs is 1. The fourth-order valence-corrected chi connectivity index (χ4v) is 13.6. The summed E-state index contributed by atoms with van der Waals surface area (Å²) in [5.74, 6) is 0. The zero-order valence-corrected chi connectivity index (χ0v) is 26.0. The Bertz CT molecular complexity index is 1640. The zero-order valence-electron chi connectivity index (χ0n) is 24.2. The predicted octanol–water partition coefficient (Wildman–Crippen LogP) is 5.54. The van der Waals surface area contributed by atoms with Gasteiger partial charge >= 0.3 is 6.09 Å². The number of hydrogen-bond acceptors (Lipinski definition) is 4. The molecule has 5 nitrogen and oxygen atoms in total. The Balaban J connectivity index is 1.53. The van der Waals surface area contributed by atoms with Gasteiger partial charge in [-0.15, -0.1) is 0 Å². The van der Waals surface area contributed by atoms with Gasteiger partial charge in [0.25, 0.3) is 0 Å². The average molecular weight is 594 g/mol. The molecule has 0 aliphatic carbocycles. The molecule has 0 saturated carbocycles. The number of nitrogens with zero attached hydrogens (tertiary/aromatic N) is 1. The van der Waals surface area contributed by atoms with Crippen molar-refractivity contribution in [3.63, 3.8) is 0 Å². The summed E-state index contributed by atoms with van der Waals surface area (Å²) in [6.07, 6.45) is 0.389. The molecule has 0 spiro atoms. The number of allylic oxidation sites excluding steroid dienone is 1. The molecule has 0 aromatic heterocycles. The second-order valence-corrected chi connectivity index (χ2v) is 17.7. The summed E-state index contributed by atoms with van der Waals surface area (Å²) in [5, 5.41) is 3.74. The van der Waals surface area contributed by atoms with E-state index in [1.165, 1.54) is 15.6 Å². The Hall–Kier alpha value is -3.94. The topological polar surface area (TPSA) is 63.7 Å². The molecule has 2 heterocycles. The van der Waals surface area contributed by atoms with Gasteiger partial charge in [-0.3, -0.25) is 4.90 Å². The van der Waals surface area contributed by atoms with Crippen molar-refractivity contribution in [1.82, 2.24) is 4.90 Å². The van der Waals surface area contributed by atoms with E-state index in [0.717, 1.165) is 5.56 Å². The first kappa shape index (κ1) is 28.2. The van der Waals surface area contributed by atoms with Gasteiger partial charge in [0.1, 0.15) is 13.7 Å². The molecule has 0 radical (unpaired) electrons. The van der Waals surface area contributed by atoms with Gasteiger partial charge in [-0.2, -0.15) is 0 Å². The lowest BCUT2D eigenvalue weighted by Crippen LogP contribution is -2.69. The van der Waals surface area contributed by atoms with Crippen molar-refractivity contribution >= 4 is 39.6 Å². The van der Waals surface area contributed by atoms with E-state index in [4.69, 9.17) is 4.74 Å². The van der Waals surface area contributed by atoms with Crippen molar-refractivity contribution in [2.45, 2.75) is 56.2 Å². The first-order valence-corrected chi connectivity index (χ1v) is 18.1. The number of carbonyl (C=O) groups is 1. The number of cyclic esters (lactones) is 1. The van der Waals surface area contributed by atoms with Gasteiger partial charge in [-0.05, 0) is 67.3 Å². The number of hydrogen-bond donors (Lipinski definition) is 0. The highest BCUT2D eigenvalue weighted by Crippen LogP contribution is 2.46. The van der Waals surface area contributed by atoms with Crippen LogP contribution in [0.3, 0.4) is 0 Å². The molecule has 2 aliphatic rings. The molecular weight excluding hydrogens is 559 g/mol. The Kier molecular flexibility index (Phi) is 7.19. The molecule has 0 bridgehead atoms. The molecule has 4 aromatic carbocycles. The lowest BCUT2D eigenvalue weighted by Gasteiger charge is -2.41. The highest BCUT2D eigenvalue weighted by molar-refractivity contribution is 7.95. The quantitative estimate of drug-likeness (QED) is 0.208. The maximum Gasteiger partial charge on any atom is 0.415 e. The second kappa shape index (κ2) is 10.7. The molecule has 7 heteroatoms. The van der Waals surface area contributed by atoms with Gasteiger partial charge in [0, 0.05) is 6.04 Å². The summed E-state index contributed by atoms with van der Waals surface area (Å²) in [7, 11) is -6.54. The minimum atomic E-state index is -3.83. The van der Waals surface area contributed by atoms with Crippen molar-refractivity contribution in [3.05, 3.63) is 131 Å². The van der Waals surface area contributed by atoms with Gasteiger partial charge in [0.2, 0.25) is 9.84 Å². The Morgan fingerprint density at radius 2 is 1.26 bits per heavy atom. The minimum absolute atomic E-state index is 0.237. The molecule has 214 valence electrons. The molecule has 1 atom stereocenters. The standard InChI is InChI=1S/C35H35NO4SSi/c1-26-19-22-28(23-20-26)41(38,39)32-24-21-27(36-33(32)35(2,3)40-34(36)37)25-42(29-13-7-4-8-14-29,30-15-9-5-10-16-30)31-17-11-6-12-18-31/h4-20,22-23,27H,21,24-25H2,1-3H3. The highest BCUT2D eigenvalue weighted by atomic mass is 32.2. The summed E-state index contributed by atoms with van der Waals surface area (Å²) in [6.45, 7) is 5.52. The molecule has 42 heavy (non-hydrogen) atoms. The van der Waals surface area contributed by atoms with Crippen LogP contribution in [0, 0.1) is 6.92 Å². The smallest absolute Gasteiger partial charge is 0.415 e. The second-order valence-electron chi connectivity index (χ2n) is 11.7. The molecular formula is C35H35NO4SSi. The van der Waals surface area contributed by atoms with Gasteiger partial charge in [0.05, 0.1) is 15.5 Å². The van der Waals surface area contributed by atoms with Crippen LogP contribution in [-0.2, 0) is 14.6 Å². The number of rotatable bonds is 7. The van der Waals surface area contributed by atoms with Crippen molar-refractivity contribution in [2.75, 3.05) is 0 Å². The fourth-order valence-electron chi connectivity index (χ4n) is 6.73. The van der Waals surface area contributed by atoms with E-state index in [0.29, 0.717) is 24.6 Å². The molecule has 1 saturated heterocycles. The zero-order chi connectivity index (χ0) is 29.5. The Labute approximate surface area is 249 Å². The molecule has 1 unspecified atom stereocenters. The van der Waals surface area contributed by atoms with E-state index >= 15 is 0 Å². The molecule has 1 amide bonds. The molecule has 2 aliphatic heterocycles. The first-order valence-electron chi connectivity index (χ1n) is 14.4. The molecule has 4 aromatic rings. The van der Waals surface area contributed by atoms with Crippen LogP contribution in [0.5, 0.6) is 0 Å². The summed E-state index contributed by atoms with van der Waals surface area (Å²) < 4.78 is 34.0.